The van der Waals surface area contributed by atoms with E-state index in [1.165, 1.54) is 10.9 Å². The summed E-state index contributed by atoms with van der Waals surface area (Å²) in [5, 5.41) is 19.8. The number of carbonyl (C=O) groups excluding carboxylic acids is 2. The van der Waals surface area contributed by atoms with Gasteiger partial charge in [0.25, 0.3) is 0 Å². The van der Waals surface area contributed by atoms with E-state index < -0.39 is 6.04 Å². The summed E-state index contributed by atoms with van der Waals surface area (Å²) in [6, 6.07) is 16.0. The molecule has 2 saturated heterocycles. The molecule has 0 spiro atoms. The molecule has 0 bridgehead atoms. The minimum Gasteiger partial charge on any atom is -0.379 e. The van der Waals surface area contributed by atoms with E-state index in [4.69, 9.17) is 30.8 Å². The van der Waals surface area contributed by atoms with E-state index in [9.17, 15) is 14.0 Å². The number of anilines is 3. The molecule has 0 radical (unpaired) electrons. The third-order valence-corrected chi connectivity index (χ3v) is 14.0. The van der Waals surface area contributed by atoms with Crippen molar-refractivity contribution < 1.29 is 28.2 Å². The molecule has 3 aromatic heterocycles. The quantitative estimate of drug-likeness (QED) is 0.0722. The summed E-state index contributed by atoms with van der Waals surface area (Å²) >= 11 is 7.89. The van der Waals surface area contributed by atoms with Crippen LogP contribution in [0.1, 0.15) is 64.9 Å². The van der Waals surface area contributed by atoms with Gasteiger partial charge in [0, 0.05) is 104 Å². The second kappa shape index (κ2) is 24.3. The van der Waals surface area contributed by atoms with Crippen LogP contribution < -0.4 is 25.8 Å². The van der Waals surface area contributed by atoms with Crippen LogP contribution in [0.4, 0.5) is 21.7 Å². The van der Waals surface area contributed by atoms with Gasteiger partial charge in [0.2, 0.25) is 11.8 Å². The Morgan fingerprint density at radius 1 is 0.841 bits per heavy atom. The molecule has 2 atom stereocenters. The molecule has 0 saturated carbocycles. The molecule has 8 rings (SSSR count). The van der Waals surface area contributed by atoms with Crippen molar-refractivity contribution in [2.45, 2.75) is 58.5 Å². The maximum Gasteiger partial charge on any atom is 0.222 e. The van der Waals surface area contributed by atoms with E-state index in [1.807, 2.05) is 47.9 Å². The number of halogens is 2. The molecule has 3 aliphatic rings. The highest BCUT2D eigenvalue weighted by molar-refractivity contribution is 7.15. The number of ether oxygens (including phenoxy) is 3. The molecule has 0 aliphatic carbocycles. The van der Waals surface area contributed by atoms with Crippen molar-refractivity contribution in [1.82, 2.24) is 40.3 Å². The average Bonchev–Trinajstić information content (AvgIpc) is 3.83. The highest BCUT2D eigenvalue weighted by atomic mass is 35.5. The number of amides is 2. The smallest absolute Gasteiger partial charge is 0.222 e. The van der Waals surface area contributed by atoms with Crippen molar-refractivity contribution in [3.63, 3.8) is 0 Å². The summed E-state index contributed by atoms with van der Waals surface area (Å²) in [5.41, 5.74) is 4.72. The van der Waals surface area contributed by atoms with Crippen LogP contribution in [-0.2, 0) is 23.8 Å². The Morgan fingerprint density at radius 3 is 2.35 bits per heavy atom. The van der Waals surface area contributed by atoms with Gasteiger partial charge in [-0.1, -0.05) is 29.8 Å². The third kappa shape index (κ3) is 13.4. The molecular formula is C49H62ClFN12O5S. The molecule has 2 fully saturated rings. The molecule has 368 valence electrons. The molecule has 3 aliphatic heterocycles. The lowest BCUT2D eigenvalue weighted by Gasteiger charge is -2.36. The number of thiophene rings is 1. The van der Waals surface area contributed by atoms with Gasteiger partial charge >= 0.3 is 0 Å². The standard InChI is InChI=1S/C49H62ClFN12O5S/c1-33-34(2)69-49-46(33)47(36-9-11-37(50)12-10-36)57-41(48-59-58-35(3)63(48)49)29-45(65)53-15-14-52-44(64)13-22-66-24-26-68-27-25-67-23-21-60-17-19-61(20-18-60)43-30-42(54-32-55-43)56-39-7-5-16-62(31-39)40-8-4-6-38(51)28-40/h4,6,8-12,28,30,32,39,41H,5,7,13-27,29,31H2,1-3H3,(H,52,64)(H,53,65)(H,54,55,56)/t39-,41+/m1/s1. The van der Waals surface area contributed by atoms with Crippen molar-refractivity contribution in [3.05, 3.63) is 105 Å². The van der Waals surface area contributed by atoms with Gasteiger partial charge in [-0.2, -0.15) is 0 Å². The Kier molecular flexibility index (Phi) is 17.6. The normalized spacial score (nSPS) is 17.2. The molecule has 17 nitrogen and oxygen atoms in total. The first-order valence-corrected chi connectivity index (χ1v) is 25.0. The summed E-state index contributed by atoms with van der Waals surface area (Å²) < 4.78 is 32.9. The summed E-state index contributed by atoms with van der Waals surface area (Å²) in [6.45, 7) is 15.3. The number of hydrogen-bond acceptors (Lipinski definition) is 15. The Labute approximate surface area is 411 Å². The van der Waals surface area contributed by atoms with Crippen LogP contribution in [0.15, 0.2) is 65.9 Å². The summed E-state index contributed by atoms with van der Waals surface area (Å²) in [7, 11) is 0. The van der Waals surface area contributed by atoms with E-state index in [2.05, 4.69) is 64.7 Å². The molecule has 3 N–H and O–H groups in total. The molecule has 0 unspecified atom stereocenters. The fraction of sp³-hybridized carbons (Fsp3) is 0.490. The van der Waals surface area contributed by atoms with E-state index in [0.29, 0.717) is 43.9 Å². The van der Waals surface area contributed by atoms with Crippen LogP contribution >= 0.6 is 22.9 Å². The van der Waals surface area contributed by atoms with Crippen molar-refractivity contribution >= 4 is 57.8 Å². The van der Waals surface area contributed by atoms with Crippen LogP contribution in [0.5, 0.6) is 0 Å². The largest absolute Gasteiger partial charge is 0.379 e. The number of nitrogens with zero attached hydrogens (tertiary/aromatic N) is 9. The Hall–Kier alpha value is -5.57. The predicted octanol–water partition coefficient (Wildman–Crippen LogP) is 5.69. The fourth-order valence-electron chi connectivity index (χ4n) is 8.78. The summed E-state index contributed by atoms with van der Waals surface area (Å²) in [6.07, 6.45) is 3.94. The second-order valence-corrected chi connectivity index (χ2v) is 19.0. The second-order valence-electron chi connectivity index (χ2n) is 17.4. The Bertz CT molecular complexity index is 2530. The lowest BCUT2D eigenvalue weighted by molar-refractivity contribution is -0.123. The molecule has 69 heavy (non-hydrogen) atoms. The van der Waals surface area contributed by atoms with Gasteiger partial charge in [0.1, 0.15) is 40.6 Å². The molecule has 2 aromatic carbocycles. The fourth-order valence-corrected chi connectivity index (χ4v) is 10.1. The van der Waals surface area contributed by atoms with Gasteiger partial charge in [0.05, 0.1) is 51.8 Å². The molecular weight excluding hydrogens is 923 g/mol. The topological polar surface area (TPSA) is 176 Å². The maximum atomic E-state index is 13.8. The highest BCUT2D eigenvalue weighted by Gasteiger charge is 2.32. The summed E-state index contributed by atoms with van der Waals surface area (Å²) in [5.74, 6) is 2.47. The van der Waals surface area contributed by atoms with Gasteiger partial charge in [-0.15, -0.1) is 21.5 Å². The molecule has 20 heteroatoms. The number of rotatable bonds is 22. The van der Waals surface area contributed by atoms with Crippen molar-refractivity contribution in [2.75, 3.05) is 114 Å². The number of piperazine rings is 1. The molecule has 2 amide bonds. The van der Waals surface area contributed by atoms with Crippen LogP contribution in [-0.4, -0.2) is 152 Å². The number of hydrogen-bond donors (Lipinski definition) is 3. The third-order valence-electron chi connectivity index (χ3n) is 12.6. The Morgan fingerprint density at radius 2 is 1.58 bits per heavy atom. The van der Waals surface area contributed by atoms with Crippen LogP contribution in [0, 0.1) is 26.6 Å². The lowest BCUT2D eigenvalue weighted by atomic mass is 9.99. The van der Waals surface area contributed by atoms with Gasteiger partial charge in [-0.25, -0.2) is 14.4 Å². The van der Waals surface area contributed by atoms with E-state index in [1.54, 1.807) is 29.8 Å². The number of aromatic nitrogens is 5. The minimum absolute atomic E-state index is 0.0619. The number of aryl methyl sites for hydroxylation is 2. The molecule has 5 aromatic rings. The number of nitrogens with one attached hydrogen (secondary N) is 3. The number of fused-ring (bicyclic) bond motifs is 3. The van der Waals surface area contributed by atoms with Crippen molar-refractivity contribution in [2.24, 2.45) is 4.99 Å². The average molecular weight is 986 g/mol. The summed E-state index contributed by atoms with van der Waals surface area (Å²) in [4.78, 5) is 48.0. The SMILES string of the molecule is Cc1sc2c(c1C)C(c1ccc(Cl)cc1)=N[C@@H](CC(=O)NCCNC(=O)CCOCCOCCOCCN1CCN(c3cc(N[C@@H]4CCCN(c5cccc(F)c5)C4)ncn3)CC1)c1nnc(C)n1-2. The zero-order chi connectivity index (χ0) is 48.1. The Balaban J connectivity index is 0.646. The van der Waals surface area contributed by atoms with Crippen molar-refractivity contribution in [1.29, 1.82) is 0 Å². The minimum atomic E-state index is -0.578. The van der Waals surface area contributed by atoms with Crippen LogP contribution in [0.3, 0.4) is 0 Å². The van der Waals surface area contributed by atoms with E-state index in [0.717, 1.165) is 109 Å². The number of aliphatic imine (C=N–C) groups is 1. The van der Waals surface area contributed by atoms with Crippen molar-refractivity contribution in [3.8, 4) is 5.00 Å². The first-order chi connectivity index (χ1) is 33.6. The first kappa shape index (κ1) is 49.8. The van der Waals surface area contributed by atoms with Gasteiger partial charge in [-0.05, 0) is 69.5 Å². The van der Waals surface area contributed by atoms with Gasteiger partial charge in [0.15, 0.2) is 5.82 Å². The zero-order valence-corrected chi connectivity index (χ0v) is 41.2. The van der Waals surface area contributed by atoms with E-state index >= 15 is 0 Å². The van der Waals surface area contributed by atoms with Gasteiger partial charge < -0.3 is 40.0 Å². The molecule has 6 heterocycles. The van der Waals surface area contributed by atoms with Crippen LogP contribution in [0.2, 0.25) is 5.02 Å². The maximum absolute atomic E-state index is 13.8. The number of carbonyl (C=O) groups is 2. The highest BCUT2D eigenvalue weighted by Crippen LogP contribution is 2.39. The van der Waals surface area contributed by atoms with E-state index in [-0.39, 0.29) is 56.2 Å². The first-order valence-electron chi connectivity index (χ1n) is 23.8. The number of benzene rings is 2. The van der Waals surface area contributed by atoms with Crippen LogP contribution in [0.25, 0.3) is 5.00 Å². The predicted molar refractivity (Wildman–Crippen MR) is 267 cm³/mol. The zero-order valence-electron chi connectivity index (χ0n) is 39.6. The van der Waals surface area contributed by atoms with Gasteiger partial charge in [-0.3, -0.25) is 24.0 Å². The lowest BCUT2D eigenvalue weighted by Crippen LogP contribution is -2.47. The monoisotopic (exact) mass is 984 g/mol. The number of piperidine rings is 1.